The standard InChI is InChI=1S/C30H28O3P.Li/c1-21-16-22(2)29(23(3)17-21)30(31)34-28-15-14-26(32-19-24-10-6-4-7-11-24)18-27(28)33-20-25-12-8-5-9-13-25;/h4-18H,19-20H2,1-3H3;/q-1;+1. The van der Waals surface area contributed by atoms with Gasteiger partial charge in [0.05, 0.1) is 5.75 Å². The second kappa shape index (κ2) is 12.8. The predicted octanol–water partition coefficient (Wildman–Crippen LogP) is 4.19. The summed E-state index contributed by atoms with van der Waals surface area (Å²) >= 11 is 0. The maximum Gasteiger partial charge on any atom is 1.00 e. The van der Waals surface area contributed by atoms with Gasteiger partial charge in [0, 0.05) is 11.6 Å². The molecule has 0 heterocycles. The first-order valence-corrected chi connectivity index (χ1v) is 12.2. The molecule has 35 heavy (non-hydrogen) atoms. The van der Waals surface area contributed by atoms with E-state index in [-0.39, 0.29) is 24.4 Å². The van der Waals surface area contributed by atoms with Crippen LogP contribution < -0.4 is 33.6 Å². The molecular weight excluding hydrogens is 446 g/mol. The Balaban J connectivity index is 0.00000342. The van der Waals surface area contributed by atoms with Crippen molar-refractivity contribution >= 4 is 19.4 Å². The Kier molecular flexibility index (Phi) is 9.76. The molecule has 3 nitrogen and oxygen atoms in total. The molecule has 4 rings (SSSR count). The third-order valence-electron chi connectivity index (χ3n) is 5.53. The molecule has 0 radical (unpaired) electrons. The van der Waals surface area contributed by atoms with E-state index in [1.807, 2.05) is 92.7 Å². The molecule has 0 aliphatic heterocycles. The van der Waals surface area contributed by atoms with Gasteiger partial charge in [0.25, 0.3) is 0 Å². The second-order valence-electron chi connectivity index (χ2n) is 8.37. The van der Waals surface area contributed by atoms with Gasteiger partial charge in [-0.2, -0.15) is 5.30 Å². The molecular formula is C30H28LiO3P. The summed E-state index contributed by atoms with van der Waals surface area (Å²) in [4.78, 5) is 13.3. The fourth-order valence-electron chi connectivity index (χ4n) is 3.95. The molecule has 0 bridgehead atoms. The Bertz CT molecular complexity index is 1250. The zero-order valence-corrected chi connectivity index (χ0v) is 21.6. The molecule has 0 saturated carbocycles. The van der Waals surface area contributed by atoms with Crippen molar-refractivity contribution in [1.29, 1.82) is 0 Å². The number of rotatable bonds is 9. The SMILES string of the molecule is Cc1cc(C)c(C(=O)[P-]c2ccc(OCc3ccccc3)cc2OCc2ccccc2)c(C)c1.[Li+]. The van der Waals surface area contributed by atoms with Crippen LogP contribution in [0.3, 0.4) is 0 Å². The van der Waals surface area contributed by atoms with Crippen LogP contribution in [0.5, 0.6) is 11.5 Å². The van der Waals surface area contributed by atoms with Crippen molar-refractivity contribution in [1.82, 2.24) is 0 Å². The quantitative estimate of drug-likeness (QED) is 0.270. The second-order valence-corrected chi connectivity index (χ2v) is 9.48. The van der Waals surface area contributed by atoms with Crippen LogP contribution in [0.15, 0.2) is 91.0 Å². The molecule has 0 amide bonds. The molecule has 0 N–H and O–H groups in total. The molecule has 4 aromatic carbocycles. The Morgan fingerprint density at radius 2 is 1.26 bits per heavy atom. The number of hydrogen-bond acceptors (Lipinski definition) is 3. The average molecular weight is 474 g/mol. The van der Waals surface area contributed by atoms with E-state index in [2.05, 4.69) is 19.1 Å². The van der Waals surface area contributed by atoms with Gasteiger partial charge in [-0.1, -0.05) is 84.4 Å². The minimum Gasteiger partial charge on any atom is -0.491 e. The summed E-state index contributed by atoms with van der Waals surface area (Å²) in [7, 11) is 0.580. The topological polar surface area (TPSA) is 35.5 Å². The molecule has 0 aromatic heterocycles. The first-order chi connectivity index (χ1) is 16.5. The molecule has 4 aromatic rings. The third kappa shape index (κ3) is 7.33. The first-order valence-electron chi connectivity index (χ1n) is 11.3. The van der Waals surface area contributed by atoms with Crippen LogP contribution in [-0.4, -0.2) is 5.52 Å². The van der Waals surface area contributed by atoms with Crippen molar-refractivity contribution in [2.45, 2.75) is 34.0 Å². The predicted molar refractivity (Wildman–Crippen MR) is 140 cm³/mol. The van der Waals surface area contributed by atoms with Gasteiger partial charge in [0.1, 0.15) is 19.0 Å². The molecule has 0 saturated heterocycles. The van der Waals surface area contributed by atoms with Crippen molar-refractivity contribution < 1.29 is 33.1 Å². The van der Waals surface area contributed by atoms with E-state index in [4.69, 9.17) is 9.47 Å². The minimum atomic E-state index is 0. The van der Waals surface area contributed by atoms with Gasteiger partial charge < -0.3 is 22.8 Å². The Labute approximate surface area is 221 Å². The third-order valence-corrected chi connectivity index (χ3v) is 6.57. The van der Waals surface area contributed by atoms with Crippen LogP contribution in [0.1, 0.15) is 38.2 Å². The number of aryl methyl sites for hydroxylation is 3. The first kappa shape index (κ1) is 26.8. The summed E-state index contributed by atoms with van der Waals surface area (Å²) in [6.45, 7) is 6.93. The zero-order chi connectivity index (χ0) is 23.9. The Morgan fingerprint density at radius 1 is 0.714 bits per heavy atom. The molecule has 172 valence electrons. The smallest absolute Gasteiger partial charge is 0.491 e. The van der Waals surface area contributed by atoms with Crippen LogP contribution in [0, 0.1) is 20.8 Å². The maximum atomic E-state index is 13.3. The van der Waals surface area contributed by atoms with Gasteiger partial charge in [-0.3, -0.25) is 0 Å². The van der Waals surface area contributed by atoms with Gasteiger partial charge in [-0.25, -0.2) is 0 Å². The van der Waals surface area contributed by atoms with Gasteiger partial charge in [0.15, 0.2) is 0 Å². The number of ether oxygens (including phenoxy) is 2. The molecule has 5 heteroatoms. The van der Waals surface area contributed by atoms with E-state index in [1.54, 1.807) is 0 Å². The van der Waals surface area contributed by atoms with Crippen LogP contribution in [0.2, 0.25) is 0 Å². The Morgan fingerprint density at radius 3 is 1.83 bits per heavy atom. The largest absolute Gasteiger partial charge is 1.00 e. The van der Waals surface area contributed by atoms with E-state index < -0.39 is 0 Å². The summed E-state index contributed by atoms with van der Waals surface area (Å²) in [5.41, 5.74) is 6.18. The van der Waals surface area contributed by atoms with E-state index in [1.165, 1.54) is 0 Å². The minimum absolute atomic E-state index is 0. The summed E-state index contributed by atoms with van der Waals surface area (Å²) < 4.78 is 12.2. The number of hydrogen-bond donors (Lipinski definition) is 0. The van der Waals surface area contributed by atoms with Crippen LogP contribution in [-0.2, 0) is 13.2 Å². The average Bonchev–Trinajstić information content (AvgIpc) is 2.83. The summed E-state index contributed by atoms with van der Waals surface area (Å²) in [6, 6.07) is 29.9. The molecule has 0 atom stereocenters. The van der Waals surface area contributed by atoms with E-state index in [9.17, 15) is 4.79 Å². The van der Waals surface area contributed by atoms with E-state index in [0.29, 0.717) is 33.3 Å². The van der Waals surface area contributed by atoms with Crippen molar-refractivity contribution in [3.8, 4) is 11.5 Å². The van der Waals surface area contributed by atoms with Gasteiger partial charge >= 0.3 is 18.9 Å². The Hall–Kier alpha value is -2.82. The van der Waals surface area contributed by atoms with Crippen molar-refractivity contribution in [3.05, 3.63) is 124 Å². The van der Waals surface area contributed by atoms with Gasteiger partial charge in [-0.15, -0.1) is 0 Å². The normalized spacial score (nSPS) is 10.7. The van der Waals surface area contributed by atoms with Gasteiger partial charge in [-0.05, 0) is 54.7 Å². The van der Waals surface area contributed by atoms with Crippen LogP contribution in [0.4, 0.5) is 0 Å². The maximum absolute atomic E-state index is 13.3. The fourth-order valence-corrected chi connectivity index (χ4v) is 5.02. The zero-order valence-electron chi connectivity index (χ0n) is 20.7. The summed E-state index contributed by atoms with van der Waals surface area (Å²) in [5, 5.41) is 0.826. The molecule has 0 fully saturated rings. The van der Waals surface area contributed by atoms with Gasteiger partial charge in [0.2, 0.25) is 0 Å². The molecule has 0 spiro atoms. The number of carbonyl (C=O) groups excluding carboxylic acids is 1. The van der Waals surface area contributed by atoms with E-state index >= 15 is 0 Å². The number of benzene rings is 4. The van der Waals surface area contributed by atoms with Crippen molar-refractivity contribution in [3.63, 3.8) is 0 Å². The van der Waals surface area contributed by atoms with E-state index in [0.717, 1.165) is 38.7 Å². The summed E-state index contributed by atoms with van der Waals surface area (Å²) in [6.07, 6.45) is 0. The van der Waals surface area contributed by atoms with Crippen LogP contribution in [0.25, 0.3) is 0 Å². The van der Waals surface area contributed by atoms with Crippen LogP contribution >= 0.6 is 8.58 Å². The van der Waals surface area contributed by atoms with Crippen molar-refractivity contribution in [2.24, 2.45) is 0 Å². The van der Waals surface area contributed by atoms with Crippen molar-refractivity contribution in [2.75, 3.05) is 0 Å². The molecule has 0 aliphatic carbocycles. The molecule has 0 aliphatic rings. The fraction of sp³-hybridized carbons (Fsp3) is 0.167. The number of carbonyl (C=O) groups is 1. The monoisotopic (exact) mass is 474 g/mol. The molecule has 0 unspecified atom stereocenters. The summed E-state index contributed by atoms with van der Waals surface area (Å²) in [5.74, 6) is 1.37.